The molecule has 6 heteroatoms. The smallest absolute Gasteiger partial charge is 0.424 e. The summed E-state index contributed by atoms with van der Waals surface area (Å²) in [6.07, 6.45) is -0.826. The maximum absolute atomic E-state index is 13.1. The van der Waals surface area contributed by atoms with E-state index in [0.29, 0.717) is 10.6 Å². The molecule has 0 saturated heterocycles. The number of fused-ring (bicyclic) bond motifs is 1. The number of imide groups is 1. The van der Waals surface area contributed by atoms with Crippen molar-refractivity contribution in [2.75, 3.05) is 4.90 Å². The van der Waals surface area contributed by atoms with Crippen LogP contribution in [-0.2, 0) is 11.3 Å². The van der Waals surface area contributed by atoms with Crippen LogP contribution in [0.5, 0.6) is 0 Å². The molecule has 0 spiro atoms. The monoisotopic (exact) mass is 405 g/mol. The minimum Gasteiger partial charge on any atom is -0.444 e. The Hall–Kier alpha value is -3.57. The fraction of sp³-hybridized carbons (Fsp3) is 0.0435. The third-order valence-electron chi connectivity index (χ3n) is 4.31. The molecule has 29 heavy (non-hydrogen) atoms. The SMILES string of the molecule is O=C(OCc1ccccc1)N(C(=O)c1ccc(Cl)cc1)c1cc2ccccc2o1. The van der Waals surface area contributed by atoms with Gasteiger partial charge < -0.3 is 9.15 Å². The zero-order chi connectivity index (χ0) is 20.2. The second-order valence-corrected chi connectivity index (χ2v) is 6.75. The minimum atomic E-state index is -0.826. The summed E-state index contributed by atoms with van der Waals surface area (Å²) >= 11 is 5.91. The van der Waals surface area contributed by atoms with Crippen molar-refractivity contribution in [3.8, 4) is 0 Å². The molecule has 0 unspecified atom stereocenters. The Morgan fingerprint density at radius 3 is 2.31 bits per heavy atom. The summed E-state index contributed by atoms with van der Waals surface area (Å²) < 4.78 is 11.1. The number of carbonyl (C=O) groups is 2. The van der Waals surface area contributed by atoms with Gasteiger partial charge in [-0.2, -0.15) is 4.90 Å². The van der Waals surface area contributed by atoms with Gasteiger partial charge in [0.2, 0.25) is 5.88 Å². The minimum absolute atomic E-state index is 0.0320. The van der Waals surface area contributed by atoms with Gasteiger partial charge >= 0.3 is 6.09 Å². The second-order valence-electron chi connectivity index (χ2n) is 6.31. The van der Waals surface area contributed by atoms with Crippen molar-refractivity contribution >= 4 is 40.5 Å². The molecule has 1 heterocycles. The van der Waals surface area contributed by atoms with Gasteiger partial charge in [0.1, 0.15) is 12.2 Å². The molecule has 0 aliphatic carbocycles. The van der Waals surface area contributed by atoms with E-state index in [1.54, 1.807) is 36.4 Å². The number of nitrogens with zero attached hydrogens (tertiary/aromatic N) is 1. The van der Waals surface area contributed by atoms with Gasteiger partial charge in [-0.25, -0.2) is 4.79 Å². The second kappa shape index (κ2) is 8.20. The van der Waals surface area contributed by atoms with E-state index in [2.05, 4.69) is 0 Å². The average Bonchev–Trinajstić information content (AvgIpc) is 3.17. The van der Waals surface area contributed by atoms with Crippen molar-refractivity contribution in [3.63, 3.8) is 0 Å². The summed E-state index contributed by atoms with van der Waals surface area (Å²) in [6.45, 7) is 0.0320. The number of hydrogen-bond donors (Lipinski definition) is 0. The highest BCUT2D eigenvalue weighted by molar-refractivity contribution is 6.30. The molecule has 0 aliphatic heterocycles. The molecule has 144 valence electrons. The van der Waals surface area contributed by atoms with Crippen molar-refractivity contribution in [1.82, 2.24) is 0 Å². The van der Waals surface area contributed by atoms with E-state index in [4.69, 9.17) is 20.8 Å². The van der Waals surface area contributed by atoms with Crippen LogP contribution in [-0.4, -0.2) is 12.0 Å². The number of halogens is 1. The van der Waals surface area contributed by atoms with Crippen LogP contribution in [0, 0.1) is 0 Å². The van der Waals surface area contributed by atoms with Crippen LogP contribution in [0.25, 0.3) is 11.0 Å². The molecule has 3 aromatic carbocycles. The first-order valence-electron chi connectivity index (χ1n) is 8.91. The van der Waals surface area contributed by atoms with Crippen molar-refractivity contribution in [2.45, 2.75) is 6.61 Å². The molecule has 0 bridgehead atoms. The van der Waals surface area contributed by atoms with Gasteiger partial charge in [0, 0.05) is 22.0 Å². The van der Waals surface area contributed by atoms with Crippen LogP contribution < -0.4 is 4.90 Å². The molecular formula is C23H16ClNO4. The van der Waals surface area contributed by atoms with E-state index in [1.165, 1.54) is 0 Å². The van der Waals surface area contributed by atoms with Gasteiger partial charge in [-0.3, -0.25) is 4.79 Å². The summed E-state index contributed by atoms with van der Waals surface area (Å²) in [5.41, 5.74) is 1.66. The lowest BCUT2D eigenvalue weighted by atomic mass is 10.2. The van der Waals surface area contributed by atoms with E-state index in [1.807, 2.05) is 48.5 Å². The molecule has 5 nitrogen and oxygen atoms in total. The van der Waals surface area contributed by atoms with Gasteiger partial charge in [-0.05, 0) is 35.9 Å². The van der Waals surface area contributed by atoms with Crippen LogP contribution in [0.2, 0.25) is 5.02 Å². The van der Waals surface area contributed by atoms with Crippen molar-refractivity contribution in [2.24, 2.45) is 0 Å². The maximum Gasteiger partial charge on any atom is 0.424 e. The number of ether oxygens (including phenoxy) is 1. The van der Waals surface area contributed by atoms with Crippen molar-refractivity contribution in [1.29, 1.82) is 0 Å². The first-order valence-corrected chi connectivity index (χ1v) is 9.29. The lowest BCUT2D eigenvalue weighted by Gasteiger charge is -2.18. The normalized spacial score (nSPS) is 10.7. The third-order valence-corrected chi connectivity index (χ3v) is 4.57. The number of hydrogen-bond acceptors (Lipinski definition) is 4. The molecule has 0 N–H and O–H groups in total. The predicted octanol–water partition coefficient (Wildman–Crippen LogP) is 6.07. The van der Waals surface area contributed by atoms with E-state index < -0.39 is 12.0 Å². The molecule has 0 radical (unpaired) electrons. The lowest BCUT2D eigenvalue weighted by molar-refractivity contribution is 0.0954. The van der Waals surface area contributed by atoms with Gasteiger partial charge in [-0.1, -0.05) is 60.1 Å². The van der Waals surface area contributed by atoms with Crippen molar-refractivity contribution in [3.05, 3.63) is 101 Å². The highest BCUT2D eigenvalue weighted by Gasteiger charge is 2.29. The maximum atomic E-state index is 13.1. The molecule has 0 fully saturated rings. The van der Waals surface area contributed by atoms with Crippen LogP contribution in [0.15, 0.2) is 89.3 Å². The van der Waals surface area contributed by atoms with Gasteiger partial charge in [0.05, 0.1) is 0 Å². The van der Waals surface area contributed by atoms with Crippen LogP contribution in [0.4, 0.5) is 10.7 Å². The first kappa shape index (κ1) is 18.8. The van der Waals surface area contributed by atoms with E-state index >= 15 is 0 Å². The standard InChI is InChI=1S/C23H16ClNO4/c24-19-12-10-17(11-13-19)22(26)25(21-14-18-8-4-5-9-20(18)29-21)23(27)28-15-16-6-2-1-3-7-16/h1-14H,15H2. The predicted molar refractivity (Wildman–Crippen MR) is 111 cm³/mol. The summed E-state index contributed by atoms with van der Waals surface area (Å²) in [4.78, 5) is 26.9. The Kier molecular flexibility index (Phi) is 5.31. The van der Waals surface area contributed by atoms with E-state index in [0.717, 1.165) is 15.8 Å². The molecule has 1 aromatic heterocycles. The highest BCUT2D eigenvalue weighted by Crippen LogP contribution is 2.28. The van der Waals surface area contributed by atoms with Crippen LogP contribution >= 0.6 is 11.6 Å². The Bertz CT molecular complexity index is 1120. The largest absolute Gasteiger partial charge is 0.444 e. The van der Waals surface area contributed by atoms with Crippen molar-refractivity contribution < 1.29 is 18.7 Å². The number of amides is 2. The van der Waals surface area contributed by atoms with Gasteiger partial charge in [0.15, 0.2) is 0 Å². The molecule has 0 atom stereocenters. The number of carbonyl (C=O) groups excluding carboxylic acids is 2. The summed E-state index contributed by atoms with van der Waals surface area (Å²) in [6, 6.07) is 24.4. The van der Waals surface area contributed by atoms with Gasteiger partial charge in [0.25, 0.3) is 5.91 Å². The first-order chi connectivity index (χ1) is 14.1. The fourth-order valence-electron chi connectivity index (χ4n) is 2.86. The third kappa shape index (κ3) is 4.15. The molecular weight excluding hydrogens is 390 g/mol. The molecule has 2 amide bonds. The Labute approximate surface area is 172 Å². The van der Waals surface area contributed by atoms with E-state index in [9.17, 15) is 9.59 Å². The number of rotatable bonds is 4. The number of para-hydroxylation sites is 1. The zero-order valence-electron chi connectivity index (χ0n) is 15.2. The number of furan rings is 1. The van der Waals surface area contributed by atoms with Gasteiger partial charge in [-0.15, -0.1) is 0 Å². The summed E-state index contributed by atoms with van der Waals surface area (Å²) in [5, 5.41) is 1.26. The molecule has 0 aliphatic rings. The van der Waals surface area contributed by atoms with Crippen LogP contribution in [0.1, 0.15) is 15.9 Å². The summed E-state index contributed by atoms with van der Waals surface area (Å²) in [7, 11) is 0. The van der Waals surface area contributed by atoms with E-state index in [-0.39, 0.29) is 18.1 Å². The average molecular weight is 406 g/mol. The Morgan fingerprint density at radius 2 is 1.59 bits per heavy atom. The lowest BCUT2D eigenvalue weighted by Crippen LogP contribution is -2.37. The molecule has 4 aromatic rings. The number of benzene rings is 3. The zero-order valence-corrected chi connectivity index (χ0v) is 16.0. The molecule has 0 saturated carbocycles. The topological polar surface area (TPSA) is 59.8 Å². The summed E-state index contributed by atoms with van der Waals surface area (Å²) in [5.74, 6) is -0.483. The Morgan fingerprint density at radius 1 is 0.897 bits per heavy atom. The van der Waals surface area contributed by atoms with Crippen LogP contribution in [0.3, 0.4) is 0 Å². The fourth-order valence-corrected chi connectivity index (χ4v) is 2.98. The quantitative estimate of drug-likeness (QED) is 0.413. The Balaban J connectivity index is 1.66. The number of anilines is 1. The molecule has 4 rings (SSSR count). The highest BCUT2D eigenvalue weighted by atomic mass is 35.5.